The Balaban J connectivity index is 2.04. The van der Waals surface area contributed by atoms with E-state index in [1.807, 2.05) is 0 Å². The molecule has 0 saturated carbocycles. The van der Waals surface area contributed by atoms with E-state index in [1.54, 1.807) is 6.07 Å². The van der Waals surface area contributed by atoms with Crippen LogP contribution >= 0.6 is 33.6 Å². The maximum Gasteiger partial charge on any atom is 0.270 e. The normalized spacial score (nSPS) is 11.4. The monoisotopic (exact) mass is 367 g/mol. The maximum atomic E-state index is 13.0. The Bertz CT molecular complexity index is 790. The van der Waals surface area contributed by atoms with E-state index in [9.17, 15) is 17.6 Å². The summed E-state index contributed by atoms with van der Waals surface area (Å²) in [7, 11) is 1.44. The van der Waals surface area contributed by atoms with Gasteiger partial charge in [-0.3, -0.25) is 4.79 Å². The standard InChI is InChI=1S/C12H8Cl2FNO3S2/c13-9-5-7(1-3-10(9)15)12(17)16-6-8-2-4-11(20-8)21(14,18)19/h1-5H,6H2,(H,16,17). The average molecular weight is 368 g/mol. The highest BCUT2D eigenvalue weighted by atomic mass is 35.7. The Morgan fingerprint density at radius 1 is 1.29 bits per heavy atom. The number of hydrogen-bond donors (Lipinski definition) is 1. The highest BCUT2D eigenvalue weighted by molar-refractivity contribution is 8.15. The molecule has 0 fully saturated rings. The fourth-order valence-corrected chi connectivity index (χ4v) is 3.73. The van der Waals surface area contributed by atoms with Crippen molar-refractivity contribution in [3.8, 4) is 0 Å². The summed E-state index contributed by atoms with van der Waals surface area (Å²) in [5.74, 6) is -1.05. The van der Waals surface area contributed by atoms with Gasteiger partial charge in [0.2, 0.25) is 0 Å². The van der Waals surface area contributed by atoms with Crippen LogP contribution in [0.15, 0.2) is 34.5 Å². The summed E-state index contributed by atoms with van der Waals surface area (Å²) >= 11 is 6.56. The zero-order valence-electron chi connectivity index (χ0n) is 10.3. The Labute approximate surface area is 133 Å². The number of thiophene rings is 1. The van der Waals surface area contributed by atoms with Crippen LogP contribution in [0, 0.1) is 5.82 Å². The minimum absolute atomic E-state index is 0.0123. The maximum absolute atomic E-state index is 13.0. The first kappa shape index (κ1) is 16.2. The molecular formula is C12H8Cl2FNO3S2. The third-order valence-corrected chi connectivity index (χ3v) is 5.95. The van der Waals surface area contributed by atoms with Crippen molar-refractivity contribution in [1.82, 2.24) is 5.32 Å². The van der Waals surface area contributed by atoms with Crippen molar-refractivity contribution in [3.63, 3.8) is 0 Å². The van der Waals surface area contributed by atoms with Gasteiger partial charge >= 0.3 is 0 Å². The zero-order valence-corrected chi connectivity index (χ0v) is 13.4. The molecule has 0 radical (unpaired) electrons. The van der Waals surface area contributed by atoms with E-state index in [1.165, 1.54) is 18.2 Å². The average Bonchev–Trinajstić information content (AvgIpc) is 2.88. The van der Waals surface area contributed by atoms with Gasteiger partial charge in [-0.05, 0) is 30.3 Å². The van der Waals surface area contributed by atoms with Crippen molar-refractivity contribution < 1.29 is 17.6 Å². The Kier molecular flexibility index (Phi) is 4.88. The van der Waals surface area contributed by atoms with Crippen LogP contribution in [0.25, 0.3) is 0 Å². The minimum atomic E-state index is -3.76. The first-order valence-electron chi connectivity index (χ1n) is 5.54. The third-order valence-electron chi connectivity index (χ3n) is 2.48. The van der Waals surface area contributed by atoms with E-state index in [2.05, 4.69) is 5.32 Å². The SMILES string of the molecule is O=C(NCc1ccc(S(=O)(=O)Cl)s1)c1ccc(F)c(Cl)c1. The van der Waals surface area contributed by atoms with Crippen LogP contribution in [-0.4, -0.2) is 14.3 Å². The van der Waals surface area contributed by atoms with Crippen LogP contribution in [0.1, 0.15) is 15.2 Å². The van der Waals surface area contributed by atoms with Gasteiger partial charge in [-0.2, -0.15) is 0 Å². The lowest BCUT2D eigenvalue weighted by Crippen LogP contribution is -2.22. The molecule has 0 atom stereocenters. The molecule has 4 nitrogen and oxygen atoms in total. The van der Waals surface area contributed by atoms with Gasteiger partial charge in [0, 0.05) is 21.1 Å². The number of nitrogens with one attached hydrogen (secondary N) is 1. The van der Waals surface area contributed by atoms with E-state index in [-0.39, 0.29) is 21.3 Å². The molecule has 0 unspecified atom stereocenters. The summed E-state index contributed by atoms with van der Waals surface area (Å²) in [6.07, 6.45) is 0. The summed E-state index contributed by atoms with van der Waals surface area (Å²) in [5.41, 5.74) is 0.211. The van der Waals surface area contributed by atoms with Crippen LogP contribution in [0.5, 0.6) is 0 Å². The highest BCUT2D eigenvalue weighted by Gasteiger charge is 2.14. The molecule has 21 heavy (non-hydrogen) atoms. The second kappa shape index (κ2) is 6.31. The van der Waals surface area contributed by atoms with Gasteiger partial charge in [0.05, 0.1) is 11.6 Å². The second-order valence-corrected chi connectivity index (χ2v) is 8.34. The number of carbonyl (C=O) groups is 1. The molecule has 1 heterocycles. The molecule has 1 aromatic heterocycles. The molecule has 0 spiro atoms. The summed E-state index contributed by atoms with van der Waals surface area (Å²) in [6, 6.07) is 6.54. The van der Waals surface area contributed by atoms with Gasteiger partial charge < -0.3 is 5.32 Å². The van der Waals surface area contributed by atoms with E-state index in [4.69, 9.17) is 22.3 Å². The number of hydrogen-bond acceptors (Lipinski definition) is 4. The molecular weight excluding hydrogens is 360 g/mol. The van der Waals surface area contributed by atoms with E-state index in [0.29, 0.717) is 4.88 Å². The summed E-state index contributed by atoms with van der Waals surface area (Å²) < 4.78 is 35.2. The first-order chi connectivity index (χ1) is 9.77. The van der Waals surface area contributed by atoms with Gasteiger partial charge in [-0.15, -0.1) is 11.3 Å². The summed E-state index contributed by atoms with van der Waals surface area (Å²) in [6.45, 7) is 0.130. The third kappa shape index (κ3) is 4.16. The van der Waals surface area contributed by atoms with Crippen LogP contribution in [0.3, 0.4) is 0 Å². The molecule has 0 aliphatic heterocycles. The van der Waals surface area contributed by atoms with Crippen molar-refractivity contribution in [2.45, 2.75) is 10.8 Å². The number of benzene rings is 1. The van der Waals surface area contributed by atoms with E-state index in [0.717, 1.165) is 17.4 Å². The molecule has 0 bridgehead atoms. The fourth-order valence-electron chi connectivity index (χ4n) is 1.49. The molecule has 1 amide bonds. The lowest BCUT2D eigenvalue weighted by atomic mass is 10.2. The predicted molar refractivity (Wildman–Crippen MR) is 79.9 cm³/mol. The molecule has 112 valence electrons. The molecule has 9 heteroatoms. The Hall–Kier alpha value is -1.15. The number of carbonyl (C=O) groups excluding carboxylic acids is 1. The highest BCUT2D eigenvalue weighted by Crippen LogP contribution is 2.24. The summed E-state index contributed by atoms with van der Waals surface area (Å²) in [5, 5.41) is 2.44. The van der Waals surface area contributed by atoms with Crippen molar-refractivity contribution in [1.29, 1.82) is 0 Å². The molecule has 2 aromatic rings. The molecule has 0 aliphatic carbocycles. The predicted octanol–water partition coefficient (Wildman–Crippen LogP) is 3.40. The molecule has 1 aromatic carbocycles. The lowest BCUT2D eigenvalue weighted by molar-refractivity contribution is 0.0951. The fraction of sp³-hybridized carbons (Fsp3) is 0.0833. The van der Waals surface area contributed by atoms with Crippen molar-refractivity contribution in [2.24, 2.45) is 0 Å². The van der Waals surface area contributed by atoms with Crippen molar-refractivity contribution in [3.05, 3.63) is 51.6 Å². The zero-order chi connectivity index (χ0) is 15.6. The quantitative estimate of drug-likeness (QED) is 0.842. The van der Waals surface area contributed by atoms with Crippen LogP contribution < -0.4 is 5.32 Å². The lowest BCUT2D eigenvalue weighted by Gasteiger charge is -2.04. The van der Waals surface area contributed by atoms with Crippen molar-refractivity contribution >= 4 is 48.6 Å². The van der Waals surface area contributed by atoms with E-state index < -0.39 is 20.8 Å². The van der Waals surface area contributed by atoms with E-state index >= 15 is 0 Å². The van der Waals surface area contributed by atoms with Crippen LogP contribution in [0.4, 0.5) is 4.39 Å². The first-order valence-corrected chi connectivity index (χ1v) is 9.04. The van der Waals surface area contributed by atoms with Gasteiger partial charge in [-0.25, -0.2) is 12.8 Å². The number of amides is 1. The minimum Gasteiger partial charge on any atom is -0.347 e. The molecule has 0 saturated heterocycles. The molecule has 0 aliphatic rings. The Morgan fingerprint density at radius 3 is 2.57 bits per heavy atom. The number of rotatable bonds is 4. The Morgan fingerprint density at radius 2 is 2.00 bits per heavy atom. The topological polar surface area (TPSA) is 63.2 Å². The molecule has 1 N–H and O–H groups in total. The van der Waals surface area contributed by atoms with Gasteiger partial charge in [0.15, 0.2) is 0 Å². The largest absolute Gasteiger partial charge is 0.347 e. The smallest absolute Gasteiger partial charge is 0.270 e. The van der Waals surface area contributed by atoms with Gasteiger partial charge in [-0.1, -0.05) is 11.6 Å². The van der Waals surface area contributed by atoms with Gasteiger partial charge in [0.25, 0.3) is 15.0 Å². The molecule has 2 rings (SSSR count). The number of halogens is 3. The second-order valence-electron chi connectivity index (χ2n) is 3.97. The van der Waals surface area contributed by atoms with Crippen molar-refractivity contribution in [2.75, 3.05) is 0 Å². The summed E-state index contributed by atoms with van der Waals surface area (Å²) in [4.78, 5) is 12.5. The van der Waals surface area contributed by atoms with Crippen LogP contribution in [0.2, 0.25) is 5.02 Å². The van der Waals surface area contributed by atoms with Gasteiger partial charge in [0.1, 0.15) is 10.0 Å². The van der Waals surface area contributed by atoms with Crippen LogP contribution in [-0.2, 0) is 15.6 Å².